The highest BCUT2D eigenvalue weighted by atomic mass is 79.9. The Morgan fingerprint density at radius 1 is 1.20 bits per heavy atom. The number of aliphatic hydroxyl groups is 1. The average Bonchev–Trinajstić information content (AvgIpc) is 2.47. The molecule has 0 radical (unpaired) electrons. The SMILES string of the molecule is COc1ccc2c(c1)OC(c1ccc(Br)cc1)C[C@H]2O. The molecule has 0 saturated heterocycles. The lowest BCUT2D eigenvalue weighted by molar-refractivity contribution is 0.0655. The van der Waals surface area contributed by atoms with Crippen LogP contribution in [0.2, 0.25) is 0 Å². The van der Waals surface area contributed by atoms with Crippen molar-refractivity contribution in [3.63, 3.8) is 0 Å². The second-order valence-corrected chi connectivity index (χ2v) is 5.73. The summed E-state index contributed by atoms with van der Waals surface area (Å²) in [5.41, 5.74) is 1.87. The molecule has 4 heteroatoms. The molecule has 2 aromatic rings. The molecule has 0 bridgehead atoms. The van der Waals surface area contributed by atoms with E-state index in [2.05, 4.69) is 15.9 Å². The van der Waals surface area contributed by atoms with Crippen LogP contribution in [0.15, 0.2) is 46.9 Å². The predicted octanol–water partition coefficient (Wildman–Crippen LogP) is 4.01. The van der Waals surface area contributed by atoms with Gasteiger partial charge >= 0.3 is 0 Å². The van der Waals surface area contributed by atoms with E-state index in [-0.39, 0.29) is 6.10 Å². The first-order chi connectivity index (χ1) is 9.67. The molecule has 0 amide bonds. The third kappa shape index (κ3) is 2.53. The minimum absolute atomic E-state index is 0.141. The van der Waals surface area contributed by atoms with Crippen LogP contribution < -0.4 is 9.47 Å². The van der Waals surface area contributed by atoms with Crippen LogP contribution in [-0.4, -0.2) is 12.2 Å². The number of methoxy groups -OCH3 is 1. The Morgan fingerprint density at radius 2 is 1.95 bits per heavy atom. The van der Waals surface area contributed by atoms with E-state index >= 15 is 0 Å². The van der Waals surface area contributed by atoms with Gasteiger partial charge < -0.3 is 14.6 Å². The Balaban J connectivity index is 1.92. The van der Waals surface area contributed by atoms with Crippen LogP contribution in [0.3, 0.4) is 0 Å². The van der Waals surface area contributed by atoms with Crippen LogP contribution in [0.4, 0.5) is 0 Å². The van der Waals surface area contributed by atoms with Gasteiger partial charge in [-0.3, -0.25) is 0 Å². The molecule has 1 aliphatic heterocycles. The molecule has 104 valence electrons. The van der Waals surface area contributed by atoms with E-state index < -0.39 is 6.10 Å². The summed E-state index contributed by atoms with van der Waals surface area (Å²) >= 11 is 3.42. The van der Waals surface area contributed by atoms with Gasteiger partial charge in [-0.2, -0.15) is 0 Å². The number of halogens is 1. The Hall–Kier alpha value is -1.52. The predicted molar refractivity (Wildman–Crippen MR) is 80.1 cm³/mol. The van der Waals surface area contributed by atoms with Crippen molar-refractivity contribution in [1.29, 1.82) is 0 Å². The van der Waals surface area contributed by atoms with E-state index in [4.69, 9.17) is 9.47 Å². The summed E-state index contributed by atoms with van der Waals surface area (Å²) in [7, 11) is 1.62. The summed E-state index contributed by atoms with van der Waals surface area (Å²) in [6.07, 6.45) is -0.1000. The summed E-state index contributed by atoms with van der Waals surface area (Å²) in [5, 5.41) is 10.3. The van der Waals surface area contributed by atoms with Gasteiger partial charge in [-0.1, -0.05) is 28.1 Å². The normalized spacial score (nSPS) is 20.9. The maximum atomic E-state index is 10.3. The molecule has 20 heavy (non-hydrogen) atoms. The molecule has 2 aromatic carbocycles. The van der Waals surface area contributed by atoms with Crippen molar-refractivity contribution in [2.24, 2.45) is 0 Å². The van der Waals surface area contributed by atoms with Crippen molar-refractivity contribution in [2.45, 2.75) is 18.6 Å². The van der Waals surface area contributed by atoms with Crippen LogP contribution in [-0.2, 0) is 0 Å². The van der Waals surface area contributed by atoms with E-state index in [1.165, 1.54) is 0 Å². The van der Waals surface area contributed by atoms with Crippen LogP contribution in [0, 0.1) is 0 Å². The maximum absolute atomic E-state index is 10.3. The average molecular weight is 335 g/mol. The minimum atomic E-state index is -0.515. The van der Waals surface area contributed by atoms with Crippen molar-refractivity contribution in [3.05, 3.63) is 58.1 Å². The third-order valence-corrected chi connectivity index (χ3v) is 4.06. The molecule has 3 nitrogen and oxygen atoms in total. The summed E-state index contributed by atoms with van der Waals surface area (Å²) in [5.74, 6) is 1.42. The molecule has 1 unspecified atom stereocenters. The Morgan fingerprint density at radius 3 is 2.65 bits per heavy atom. The zero-order chi connectivity index (χ0) is 14.1. The molecule has 0 aliphatic carbocycles. The number of aliphatic hydroxyl groups excluding tert-OH is 1. The first kappa shape index (κ1) is 13.5. The lowest BCUT2D eigenvalue weighted by Crippen LogP contribution is -2.19. The summed E-state index contributed by atoms with van der Waals surface area (Å²) in [6.45, 7) is 0. The van der Waals surface area contributed by atoms with Gasteiger partial charge in [0.15, 0.2) is 0 Å². The van der Waals surface area contributed by atoms with Crippen LogP contribution in [0.5, 0.6) is 11.5 Å². The quantitative estimate of drug-likeness (QED) is 0.901. The van der Waals surface area contributed by atoms with Gasteiger partial charge in [0.1, 0.15) is 17.6 Å². The van der Waals surface area contributed by atoms with Crippen molar-refractivity contribution >= 4 is 15.9 Å². The van der Waals surface area contributed by atoms with Gasteiger partial charge in [-0.15, -0.1) is 0 Å². The fraction of sp³-hybridized carbons (Fsp3) is 0.250. The Kier molecular flexibility index (Phi) is 3.68. The highest BCUT2D eigenvalue weighted by Crippen LogP contribution is 2.42. The fourth-order valence-electron chi connectivity index (χ4n) is 2.43. The molecule has 1 aliphatic rings. The van der Waals surface area contributed by atoms with Crippen molar-refractivity contribution in [3.8, 4) is 11.5 Å². The smallest absolute Gasteiger partial charge is 0.129 e. The molecule has 0 aromatic heterocycles. The van der Waals surface area contributed by atoms with Crippen LogP contribution >= 0.6 is 15.9 Å². The third-order valence-electron chi connectivity index (χ3n) is 3.53. The zero-order valence-electron chi connectivity index (χ0n) is 11.0. The summed E-state index contributed by atoms with van der Waals surface area (Å²) in [4.78, 5) is 0. The number of hydrogen-bond acceptors (Lipinski definition) is 3. The van der Waals surface area contributed by atoms with Gasteiger partial charge in [-0.05, 0) is 29.8 Å². The van der Waals surface area contributed by atoms with Crippen molar-refractivity contribution < 1.29 is 14.6 Å². The van der Waals surface area contributed by atoms with Crippen LogP contribution in [0.25, 0.3) is 0 Å². The highest BCUT2D eigenvalue weighted by molar-refractivity contribution is 9.10. The molecule has 1 N–H and O–H groups in total. The van der Waals surface area contributed by atoms with E-state index in [1.807, 2.05) is 42.5 Å². The second kappa shape index (κ2) is 5.46. The molecule has 2 atom stereocenters. The zero-order valence-corrected chi connectivity index (χ0v) is 12.6. The molecule has 0 saturated carbocycles. The minimum Gasteiger partial charge on any atom is -0.497 e. The van der Waals surface area contributed by atoms with Crippen molar-refractivity contribution in [1.82, 2.24) is 0 Å². The molecule has 0 spiro atoms. The molecular weight excluding hydrogens is 320 g/mol. The largest absolute Gasteiger partial charge is 0.497 e. The van der Waals surface area contributed by atoms with Gasteiger partial charge in [0.05, 0.1) is 13.2 Å². The molecular formula is C16H15BrO3. The first-order valence-corrected chi connectivity index (χ1v) is 7.25. The van der Waals surface area contributed by atoms with Gasteiger partial charge in [-0.25, -0.2) is 0 Å². The van der Waals surface area contributed by atoms with Gasteiger partial charge in [0.2, 0.25) is 0 Å². The molecule has 0 fully saturated rings. The van der Waals surface area contributed by atoms with E-state index in [0.29, 0.717) is 12.2 Å². The number of benzene rings is 2. The Bertz CT molecular complexity index is 610. The standard InChI is InChI=1S/C16H15BrO3/c1-19-12-6-7-13-14(18)9-15(20-16(13)8-12)10-2-4-11(17)5-3-10/h2-8,14-15,18H,9H2,1H3/t14-,15?/m1/s1. The lowest BCUT2D eigenvalue weighted by atomic mass is 9.95. The lowest BCUT2D eigenvalue weighted by Gasteiger charge is -2.30. The fourth-order valence-corrected chi connectivity index (χ4v) is 2.70. The first-order valence-electron chi connectivity index (χ1n) is 6.45. The summed E-state index contributed by atoms with van der Waals surface area (Å²) in [6, 6.07) is 13.5. The van der Waals surface area contributed by atoms with E-state index in [0.717, 1.165) is 21.3 Å². The summed E-state index contributed by atoms with van der Waals surface area (Å²) < 4.78 is 12.2. The van der Waals surface area contributed by atoms with Gasteiger partial charge in [0.25, 0.3) is 0 Å². The second-order valence-electron chi connectivity index (χ2n) is 4.81. The number of rotatable bonds is 2. The maximum Gasteiger partial charge on any atom is 0.129 e. The number of hydrogen-bond donors (Lipinski definition) is 1. The van der Waals surface area contributed by atoms with Crippen molar-refractivity contribution in [2.75, 3.05) is 7.11 Å². The molecule has 3 rings (SSSR count). The topological polar surface area (TPSA) is 38.7 Å². The van der Waals surface area contributed by atoms with Gasteiger partial charge in [0, 0.05) is 22.5 Å². The van der Waals surface area contributed by atoms with E-state index in [9.17, 15) is 5.11 Å². The highest BCUT2D eigenvalue weighted by Gasteiger charge is 2.28. The van der Waals surface area contributed by atoms with Crippen LogP contribution in [0.1, 0.15) is 29.8 Å². The number of fused-ring (bicyclic) bond motifs is 1. The monoisotopic (exact) mass is 334 g/mol. The molecule has 1 heterocycles. The Labute approximate surface area is 126 Å². The number of ether oxygens (including phenoxy) is 2. The van der Waals surface area contributed by atoms with E-state index in [1.54, 1.807) is 7.11 Å².